The van der Waals surface area contributed by atoms with Crippen LogP contribution in [0.2, 0.25) is 0 Å². The third kappa shape index (κ3) is 2.46. The van der Waals surface area contributed by atoms with Gasteiger partial charge in [0, 0.05) is 21.1 Å². The molecule has 0 bridgehead atoms. The summed E-state index contributed by atoms with van der Waals surface area (Å²) in [6, 6.07) is 9.53. The van der Waals surface area contributed by atoms with Crippen molar-refractivity contribution in [1.29, 1.82) is 0 Å². The first-order valence-electron chi connectivity index (χ1n) is 6.25. The van der Waals surface area contributed by atoms with Crippen LogP contribution in [0.15, 0.2) is 35.1 Å². The Morgan fingerprint density at radius 2 is 1.85 bits per heavy atom. The van der Waals surface area contributed by atoms with E-state index in [4.69, 9.17) is 12.2 Å². The van der Waals surface area contributed by atoms with Gasteiger partial charge in [-0.15, -0.1) is 0 Å². The summed E-state index contributed by atoms with van der Waals surface area (Å²) in [6.45, 7) is 1.89. The summed E-state index contributed by atoms with van der Waals surface area (Å²) >= 11 is 5.21. The Balaban J connectivity index is 2.53. The van der Waals surface area contributed by atoms with Gasteiger partial charge in [-0.1, -0.05) is 18.2 Å². The zero-order chi connectivity index (χ0) is 14.9. The summed E-state index contributed by atoms with van der Waals surface area (Å²) in [7, 11) is 5.53. The van der Waals surface area contributed by atoms with E-state index < -0.39 is 0 Å². The monoisotopic (exact) mass is 290 g/mol. The molecule has 0 atom stereocenters. The fraction of sp³-hybridized carbons (Fsp3) is 0.286. The number of hydrogen-bond acceptors (Lipinski definition) is 2. The fourth-order valence-electron chi connectivity index (χ4n) is 1.93. The number of aromatic nitrogens is 2. The topological polar surface area (TPSA) is 42.2 Å². The van der Waals surface area contributed by atoms with Gasteiger partial charge in [0.15, 0.2) is 5.11 Å². The molecular weight excluding hydrogens is 272 g/mol. The van der Waals surface area contributed by atoms with Crippen molar-refractivity contribution >= 4 is 23.0 Å². The average Bonchev–Trinajstić information content (AvgIpc) is 2.63. The lowest BCUT2D eigenvalue weighted by atomic mass is 10.3. The highest BCUT2D eigenvalue weighted by Crippen LogP contribution is 2.14. The van der Waals surface area contributed by atoms with E-state index in [0.717, 1.165) is 11.4 Å². The highest BCUT2D eigenvalue weighted by Gasteiger charge is 2.17. The molecule has 1 N–H and O–H groups in total. The standard InChI is InChI=1S/C14H18N4OS/c1-10-12(15-14(20)16(2)3)13(19)18(17(10)4)11-8-6-5-7-9-11/h5-9H,1-4H3,(H,15,20). The van der Waals surface area contributed by atoms with Gasteiger partial charge < -0.3 is 10.2 Å². The molecule has 1 heterocycles. The third-order valence-electron chi connectivity index (χ3n) is 3.19. The van der Waals surface area contributed by atoms with Crippen LogP contribution in [0.25, 0.3) is 5.69 Å². The average molecular weight is 290 g/mol. The van der Waals surface area contributed by atoms with Crippen LogP contribution in [-0.2, 0) is 7.05 Å². The van der Waals surface area contributed by atoms with Gasteiger partial charge >= 0.3 is 0 Å². The Bertz CT molecular complexity index is 685. The second-order valence-corrected chi connectivity index (χ2v) is 5.15. The number of para-hydroxylation sites is 1. The minimum Gasteiger partial charge on any atom is -0.355 e. The molecule has 0 aliphatic heterocycles. The first-order valence-corrected chi connectivity index (χ1v) is 6.66. The molecular formula is C14H18N4OS. The summed E-state index contributed by atoms with van der Waals surface area (Å²) in [4.78, 5) is 14.3. The van der Waals surface area contributed by atoms with Gasteiger partial charge in [0.2, 0.25) is 0 Å². The third-order valence-corrected chi connectivity index (χ3v) is 3.66. The first kappa shape index (κ1) is 14.3. The van der Waals surface area contributed by atoms with E-state index in [-0.39, 0.29) is 5.56 Å². The van der Waals surface area contributed by atoms with Gasteiger partial charge in [-0.25, -0.2) is 4.68 Å². The molecule has 0 amide bonds. The summed E-state index contributed by atoms with van der Waals surface area (Å²) in [5.41, 5.74) is 2.06. The summed E-state index contributed by atoms with van der Waals surface area (Å²) in [5.74, 6) is 0. The molecule has 2 aromatic rings. The quantitative estimate of drug-likeness (QED) is 0.856. The lowest BCUT2D eigenvalue weighted by Gasteiger charge is -2.14. The zero-order valence-electron chi connectivity index (χ0n) is 12.0. The lowest BCUT2D eigenvalue weighted by Crippen LogP contribution is -2.30. The van der Waals surface area contributed by atoms with Crippen molar-refractivity contribution in [2.24, 2.45) is 7.05 Å². The largest absolute Gasteiger partial charge is 0.355 e. The fourth-order valence-corrected chi connectivity index (χ4v) is 2.03. The minimum atomic E-state index is -0.111. The molecule has 5 nitrogen and oxygen atoms in total. The summed E-state index contributed by atoms with van der Waals surface area (Å²) in [6.07, 6.45) is 0. The Morgan fingerprint density at radius 1 is 1.25 bits per heavy atom. The van der Waals surface area contributed by atoms with Crippen LogP contribution in [0.5, 0.6) is 0 Å². The number of nitrogens with zero attached hydrogens (tertiary/aromatic N) is 3. The second kappa shape index (κ2) is 5.50. The smallest absolute Gasteiger partial charge is 0.295 e. The van der Waals surface area contributed by atoms with Crippen LogP contribution in [0.1, 0.15) is 5.69 Å². The number of rotatable bonds is 2. The minimum absolute atomic E-state index is 0.111. The van der Waals surface area contributed by atoms with E-state index >= 15 is 0 Å². The van der Waals surface area contributed by atoms with Crippen LogP contribution >= 0.6 is 12.2 Å². The molecule has 6 heteroatoms. The number of benzene rings is 1. The van der Waals surface area contributed by atoms with Crippen LogP contribution in [0, 0.1) is 6.92 Å². The summed E-state index contributed by atoms with van der Waals surface area (Å²) < 4.78 is 3.44. The number of anilines is 1. The molecule has 0 saturated heterocycles. The van der Waals surface area contributed by atoms with E-state index in [2.05, 4.69) is 5.32 Å². The number of hydrogen-bond donors (Lipinski definition) is 1. The SMILES string of the molecule is Cc1c(NC(=S)N(C)C)c(=O)n(-c2ccccc2)n1C. The van der Waals surface area contributed by atoms with Crippen LogP contribution < -0.4 is 10.9 Å². The van der Waals surface area contributed by atoms with E-state index in [1.807, 2.05) is 63.1 Å². The van der Waals surface area contributed by atoms with Crippen LogP contribution in [-0.4, -0.2) is 33.5 Å². The maximum Gasteiger partial charge on any atom is 0.295 e. The van der Waals surface area contributed by atoms with Crippen molar-refractivity contribution < 1.29 is 0 Å². The molecule has 0 aliphatic rings. The first-order chi connectivity index (χ1) is 9.43. The van der Waals surface area contributed by atoms with Crippen molar-refractivity contribution in [2.45, 2.75) is 6.92 Å². The normalized spacial score (nSPS) is 10.4. The molecule has 0 fully saturated rings. The Hall–Kier alpha value is -2.08. The zero-order valence-corrected chi connectivity index (χ0v) is 12.9. The predicted octanol–water partition coefficient (Wildman–Crippen LogP) is 1.74. The lowest BCUT2D eigenvalue weighted by molar-refractivity contribution is 0.630. The molecule has 0 unspecified atom stereocenters. The van der Waals surface area contributed by atoms with Gasteiger partial charge in [-0.05, 0) is 31.3 Å². The second-order valence-electron chi connectivity index (χ2n) is 4.76. The van der Waals surface area contributed by atoms with Crippen molar-refractivity contribution in [3.8, 4) is 5.69 Å². The van der Waals surface area contributed by atoms with E-state index in [0.29, 0.717) is 10.8 Å². The van der Waals surface area contributed by atoms with Gasteiger partial charge in [0.1, 0.15) is 5.69 Å². The molecule has 1 aromatic heterocycles. The highest BCUT2D eigenvalue weighted by molar-refractivity contribution is 7.80. The Labute approximate surface area is 123 Å². The number of thiocarbonyl (C=S) groups is 1. The van der Waals surface area contributed by atoms with Gasteiger partial charge in [0.25, 0.3) is 5.56 Å². The molecule has 106 valence electrons. The molecule has 1 aromatic carbocycles. The predicted molar refractivity (Wildman–Crippen MR) is 85.7 cm³/mol. The molecule has 0 spiro atoms. The van der Waals surface area contributed by atoms with E-state index in [1.54, 1.807) is 9.58 Å². The molecule has 20 heavy (non-hydrogen) atoms. The maximum absolute atomic E-state index is 12.6. The van der Waals surface area contributed by atoms with Crippen molar-refractivity contribution in [1.82, 2.24) is 14.3 Å². The van der Waals surface area contributed by atoms with Gasteiger partial charge in [-0.3, -0.25) is 9.48 Å². The van der Waals surface area contributed by atoms with E-state index in [9.17, 15) is 4.79 Å². The Kier molecular flexibility index (Phi) is 3.94. The van der Waals surface area contributed by atoms with Crippen molar-refractivity contribution in [3.05, 3.63) is 46.4 Å². The van der Waals surface area contributed by atoms with Gasteiger partial charge in [0.05, 0.1) is 11.4 Å². The van der Waals surface area contributed by atoms with E-state index in [1.165, 1.54) is 0 Å². The molecule has 2 rings (SSSR count). The molecule has 0 radical (unpaired) electrons. The van der Waals surface area contributed by atoms with Crippen LogP contribution in [0.4, 0.5) is 5.69 Å². The van der Waals surface area contributed by atoms with Crippen molar-refractivity contribution in [2.75, 3.05) is 19.4 Å². The Morgan fingerprint density at radius 3 is 2.40 bits per heavy atom. The summed E-state index contributed by atoms with van der Waals surface area (Å²) in [5, 5.41) is 3.52. The number of nitrogens with one attached hydrogen (secondary N) is 1. The maximum atomic E-state index is 12.6. The van der Waals surface area contributed by atoms with Crippen LogP contribution in [0.3, 0.4) is 0 Å². The highest BCUT2D eigenvalue weighted by atomic mass is 32.1. The molecule has 0 aliphatic carbocycles. The van der Waals surface area contributed by atoms with Gasteiger partial charge in [-0.2, -0.15) is 0 Å². The van der Waals surface area contributed by atoms with Crippen molar-refractivity contribution in [3.63, 3.8) is 0 Å². The molecule has 0 saturated carbocycles.